The van der Waals surface area contributed by atoms with Crippen LogP contribution in [0.25, 0.3) is 0 Å². The zero-order valence-electron chi connectivity index (χ0n) is 17.3. The number of carbonyl (C=O) groups is 1. The Bertz CT molecular complexity index is 397. The Labute approximate surface area is 156 Å². The molecule has 25 heavy (non-hydrogen) atoms. The van der Waals surface area contributed by atoms with Crippen molar-refractivity contribution in [2.45, 2.75) is 104 Å². The van der Waals surface area contributed by atoms with Crippen molar-refractivity contribution < 1.29 is 4.79 Å². The highest BCUT2D eigenvalue weighted by atomic mass is 16.2. The Morgan fingerprint density at radius 1 is 1.00 bits per heavy atom. The summed E-state index contributed by atoms with van der Waals surface area (Å²) in [5.74, 6) is 2.13. The third kappa shape index (κ3) is 6.92. The second-order valence-corrected chi connectivity index (χ2v) is 9.98. The molecule has 2 aliphatic carbocycles. The minimum atomic E-state index is -0.116. The van der Waals surface area contributed by atoms with E-state index in [-0.39, 0.29) is 11.0 Å². The van der Waals surface area contributed by atoms with Crippen LogP contribution >= 0.6 is 0 Å². The van der Waals surface area contributed by atoms with Gasteiger partial charge in [-0.3, -0.25) is 4.79 Å². The molecule has 0 aromatic rings. The summed E-state index contributed by atoms with van der Waals surface area (Å²) in [5, 5.41) is 6.60. The van der Waals surface area contributed by atoms with Crippen molar-refractivity contribution in [3.05, 3.63) is 0 Å². The molecule has 3 heteroatoms. The highest BCUT2D eigenvalue weighted by Gasteiger charge is 2.43. The van der Waals surface area contributed by atoms with Crippen LogP contribution in [0, 0.1) is 17.3 Å². The average molecular weight is 351 g/mol. The van der Waals surface area contributed by atoms with E-state index in [9.17, 15) is 4.79 Å². The number of rotatable bonds is 3. The number of hydrogen-bond donors (Lipinski definition) is 2. The minimum Gasteiger partial charge on any atom is -0.351 e. The van der Waals surface area contributed by atoms with Crippen molar-refractivity contribution in [2.24, 2.45) is 17.3 Å². The van der Waals surface area contributed by atoms with E-state index in [4.69, 9.17) is 0 Å². The van der Waals surface area contributed by atoms with Crippen LogP contribution in [-0.4, -0.2) is 24.5 Å². The number of amides is 1. The van der Waals surface area contributed by atoms with Crippen molar-refractivity contribution >= 4 is 5.91 Å². The molecule has 0 radical (unpaired) electrons. The molecule has 0 atom stereocenters. The topological polar surface area (TPSA) is 41.1 Å². The number of hydrogen-bond acceptors (Lipinski definition) is 2. The smallest absolute Gasteiger partial charge is 0.226 e. The number of piperidine rings is 1. The van der Waals surface area contributed by atoms with Gasteiger partial charge < -0.3 is 10.6 Å². The zero-order valence-corrected chi connectivity index (χ0v) is 17.3. The van der Waals surface area contributed by atoms with Gasteiger partial charge in [0, 0.05) is 5.54 Å². The third-order valence-corrected chi connectivity index (χ3v) is 6.33. The van der Waals surface area contributed by atoms with Crippen LogP contribution in [0.1, 0.15) is 98.3 Å². The number of carbonyl (C=O) groups excluding carboxylic acids is 1. The van der Waals surface area contributed by atoms with Crippen molar-refractivity contribution in [2.75, 3.05) is 13.1 Å². The summed E-state index contributed by atoms with van der Waals surface area (Å²) in [6.07, 6.45) is 14.6. The molecule has 3 fully saturated rings. The first-order valence-electron chi connectivity index (χ1n) is 10.8. The molecule has 1 aliphatic heterocycles. The first kappa shape index (κ1) is 20.7. The quantitative estimate of drug-likeness (QED) is 0.748. The van der Waals surface area contributed by atoms with Gasteiger partial charge in [0.25, 0.3) is 0 Å². The van der Waals surface area contributed by atoms with Gasteiger partial charge in [0.15, 0.2) is 0 Å². The van der Waals surface area contributed by atoms with Gasteiger partial charge >= 0.3 is 0 Å². The predicted octanol–water partition coefficient (Wildman–Crippen LogP) is 5.05. The molecule has 0 spiro atoms. The monoisotopic (exact) mass is 350 g/mol. The molecule has 0 bridgehead atoms. The van der Waals surface area contributed by atoms with Crippen molar-refractivity contribution in [3.8, 4) is 0 Å². The lowest BCUT2D eigenvalue weighted by Gasteiger charge is -2.42. The molecule has 3 rings (SSSR count). The lowest BCUT2D eigenvalue weighted by Crippen LogP contribution is -2.53. The maximum absolute atomic E-state index is 12.7. The van der Waals surface area contributed by atoms with Crippen LogP contribution in [0.2, 0.25) is 0 Å². The van der Waals surface area contributed by atoms with Gasteiger partial charge in [0.2, 0.25) is 5.91 Å². The summed E-state index contributed by atoms with van der Waals surface area (Å²) in [5.41, 5.74) is -0.210. The van der Waals surface area contributed by atoms with E-state index < -0.39 is 0 Å². The van der Waals surface area contributed by atoms with Gasteiger partial charge in [0.05, 0.1) is 5.41 Å². The first-order chi connectivity index (χ1) is 11.8. The van der Waals surface area contributed by atoms with Gasteiger partial charge in [-0.25, -0.2) is 0 Å². The molecule has 2 saturated carbocycles. The Balaban J connectivity index is 0.000000269. The lowest BCUT2D eigenvalue weighted by molar-refractivity contribution is -0.136. The van der Waals surface area contributed by atoms with E-state index in [1.165, 1.54) is 51.4 Å². The average Bonchev–Trinajstić information content (AvgIpc) is 2.52. The Morgan fingerprint density at radius 3 is 2.00 bits per heavy atom. The van der Waals surface area contributed by atoms with Gasteiger partial charge in [-0.1, -0.05) is 58.3 Å². The highest BCUT2D eigenvalue weighted by Crippen LogP contribution is 2.42. The maximum Gasteiger partial charge on any atom is 0.226 e. The van der Waals surface area contributed by atoms with E-state index in [0.717, 1.165) is 44.2 Å². The maximum atomic E-state index is 12.7. The van der Waals surface area contributed by atoms with Gasteiger partial charge in [0.1, 0.15) is 0 Å². The molecule has 1 saturated heterocycles. The van der Waals surface area contributed by atoms with Crippen LogP contribution in [0.3, 0.4) is 0 Å². The minimum absolute atomic E-state index is 0.0936. The van der Waals surface area contributed by atoms with E-state index in [1.54, 1.807) is 0 Å². The van der Waals surface area contributed by atoms with Gasteiger partial charge in [-0.15, -0.1) is 0 Å². The third-order valence-electron chi connectivity index (χ3n) is 6.33. The molecule has 0 unspecified atom stereocenters. The first-order valence-corrected chi connectivity index (χ1v) is 10.8. The van der Waals surface area contributed by atoms with E-state index in [1.807, 2.05) is 0 Å². The summed E-state index contributed by atoms with van der Waals surface area (Å²) in [6, 6.07) is 0. The lowest BCUT2D eigenvalue weighted by atomic mass is 9.67. The Hall–Kier alpha value is -0.570. The summed E-state index contributed by atoms with van der Waals surface area (Å²) in [4.78, 5) is 12.7. The molecule has 1 heterocycles. The van der Waals surface area contributed by atoms with E-state index in [0.29, 0.717) is 5.91 Å². The van der Waals surface area contributed by atoms with Crippen LogP contribution in [0.4, 0.5) is 0 Å². The second-order valence-electron chi connectivity index (χ2n) is 9.98. The molecule has 146 valence electrons. The predicted molar refractivity (Wildman–Crippen MR) is 107 cm³/mol. The van der Waals surface area contributed by atoms with Crippen LogP contribution < -0.4 is 10.6 Å². The highest BCUT2D eigenvalue weighted by molar-refractivity contribution is 5.83. The van der Waals surface area contributed by atoms with Crippen molar-refractivity contribution in [1.82, 2.24) is 10.6 Å². The number of nitrogens with one attached hydrogen (secondary N) is 2. The van der Waals surface area contributed by atoms with Crippen molar-refractivity contribution in [3.63, 3.8) is 0 Å². The zero-order chi connectivity index (χ0) is 18.3. The normalized spacial score (nSPS) is 24.6. The largest absolute Gasteiger partial charge is 0.351 e. The van der Waals surface area contributed by atoms with E-state index in [2.05, 4.69) is 38.3 Å². The molecule has 0 aromatic heterocycles. The summed E-state index contributed by atoms with van der Waals surface area (Å²) in [6.45, 7) is 10.6. The fraction of sp³-hybridized carbons (Fsp3) is 0.955. The molecule has 3 nitrogen and oxygen atoms in total. The molecule has 0 aromatic carbocycles. The standard InChI is InChI=1S/C15H28N2O.C7H14/c1-14(2,3)17-13(18)15(7-9-16-10-8-15)11-12-5-4-6-12;1-7-5-3-2-4-6-7/h12,16H,4-11H2,1-3H3,(H,17,18);7H,2-6H2,1H3. The van der Waals surface area contributed by atoms with Gasteiger partial charge in [-0.05, 0) is 65.0 Å². The summed E-state index contributed by atoms with van der Waals surface area (Å²) >= 11 is 0. The molecule has 3 aliphatic rings. The van der Waals surface area contributed by atoms with Crippen molar-refractivity contribution in [1.29, 1.82) is 0 Å². The fourth-order valence-electron chi connectivity index (χ4n) is 4.46. The summed E-state index contributed by atoms with van der Waals surface area (Å²) < 4.78 is 0. The van der Waals surface area contributed by atoms with Gasteiger partial charge in [-0.2, -0.15) is 0 Å². The fourth-order valence-corrected chi connectivity index (χ4v) is 4.46. The summed E-state index contributed by atoms with van der Waals surface area (Å²) in [7, 11) is 0. The van der Waals surface area contributed by atoms with E-state index >= 15 is 0 Å². The Morgan fingerprint density at radius 2 is 1.60 bits per heavy atom. The molecular formula is C22H42N2O. The van der Waals surface area contributed by atoms with Crippen LogP contribution in [0.15, 0.2) is 0 Å². The molecule has 1 amide bonds. The SMILES string of the molecule is CC(C)(C)NC(=O)C1(CC2CCC2)CCNCC1.CC1CCCCC1. The second kappa shape index (κ2) is 9.39. The van der Waals surface area contributed by atoms with Crippen LogP contribution in [-0.2, 0) is 4.79 Å². The molecule has 2 N–H and O–H groups in total. The molecular weight excluding hydrogens is 308 g/mol. The Kier molecular flexibility index (Phi) is 7.79. The van der Waals surface area contributed by atoms with Crippen LogP contribution in [0.5, 0.6) is 0 Å².